The Bertz CT molecular complexity index is 3030. The summed E-state index contributed by atoms with van der Waals surface area (Å²) in [5.74, 6) is 0. The quantitative estimate of drug-likeness (QED) is 0.169. The first-order chi connectivity index (χ1) is 26.7. The van der Waals surface area contributed by atoms with Crippen molar-refractivity contribution in [2.75, 3.05) is 0 Å². The lowest BCUT2D eigenvalue weighted by molar-refractivity contribution is 0.683. The number of para-hydroxylation sites is 2. The van der Waals surface area contributed by atoms with Gasteiger partial charge < -0.3 is 4.57 Å². The molecule has 1 aliphatic rings. The standard InChI is InChI=1S/C50H34N2OS/c53-54(38-22-8-3-9-23-38)50(49(35-18-4-1-5-19-35)44-29-14-16-30-46(44)51-54)43-28-13-12-26-41(43)40-25-11-10-24-39(40)36-32-33-48-45(34-36)42-27-15-17-31-47(42)52(48)37-20-6-2-7-21-37/h1-34H. The highest BCUT2D eigenvalue weighted by molar-refractivity contribution is 8.03. The molecule has 0 fully saturated rings. The minimum Gasteiger partial charge on any atom is -0.309 e. The van der Waals surface area contributed by atoms with Crippen LogP contribution in [0.2, 0.25) is 0 Å². The van der Waals surface area contributed by atoms with Gasteiger partial charge in [0.05, 0.1) is 26.5 Å². The molecule has 256 valence electrons. The van der Waals surface area contributed by atoms with Crippen molar-refractivity contribution in [1.82, 2.24) is 4.57 Å². The van der Waals surface area contributed by atoms with Gasteiger partial charge in [-0.1, -0.05) is 158 Å². The van der Waals surface area contributed by atoms with E-state index in [4.69, 9.17) is 4.36 Å². The fourth-order valence-electron chi connectivity index (χ4n) is 8.04. The Morgan fingerprint density at radius 2 is 0.944 bits per heavy atom. The molecule has 0 aliphatic carbocycles. The van der Waals surface area contributed by atoms with E-state index in [0.717, 1.165) is 66.3 Å². The Morgan fingerprint density at radius 1 is 0.407 bits per heavy atom. The van der Waals surface area contributed by atoms with Gasteiger partial charge in [-0.25, -0.2) is 4.21 Å². The number of fused-ring (bicyclic) bond motifs is 4. The third kappa shape index (κ3) is 5.14. The molecule has 1 aliphatic heterocycles. The maximum Gasteiger partial charge on any atom is 0.110 e. The van der Waals surface area contributed by atoms with Gasteiger partial charge >= 0.3 is 0 Å². The third-order valence-electron chi connectivity index (χ3n) is 10.4. The molecule has 0 bridgehead atoms. The van der Waals surface area contributed by atoms with Crippen LogP contribution in [0.5, 0.6) is 0 Å². The number of nitrogens with zero attached hydrogens (tertiary/aromatic N) is 2. The molecule has 0 saturated carbocycles. The van der Waals surface area contributed by atoms with E-state index >= 15 is 4.21 Å². The molecule has 1 aromatic heterocycles. The highest BCUT2D eigenvalue weighted by atomic mass is 32.2. The van der Waals surface area contributed by atoms with Crippen molar-refractivity contribution in [1.29, 1.82) is 0 Å². The van der Waals surface area contributed by atoms with E-state index < -0.39 is 9.73 Å². The Kier molecular flexibility index (Phi) is 7.71. The minimum atomic E-state index is -3.16. The smallest absolute Gasteiger partial charge is 0.110 e. The molecule has 9 aromatic rings. The van der Waals surface area contributed by atoms with Crippen LogP contribution in [0.25, 0.3) is 60.2 Å². The van der Waals surface area contributed by atoms with Gasteiger partial charge in [-0.05, 0) is 76.3 Å². The average molecular weight is 711 g/mol. The van der Waals surface area contributed by atoms with Crippen LogP contribution in [0.4, 0.5) is 5.69 Å². The SMILES string of the molecule is O=S1(c2ccccc2)=Nc2ccccc2C(c2ccccc2)=C1c1ccccc1-c1ccccc1-c1ccc2c(c1)c1ccccc1n2-c1ccccc1. The zero-order chi connectivity index (χ0) is 36.1. The van der Waals surface area contributed by atoms with Crippen molar-refractivity contribution in [3.63, 3.8) is 0 Å². The van der Waals surface area contributed by atoms with Crippen LogP contribution in [-0.2, 0) is 9.73 Å². The predicted octanol–water partition coefficient (Wildman–Crippen LogP) is 13.2. The van der Waals surface area contributed by atoms with E-state index in [1.807, 2.05) is 72.8 Å². The van der Waals surface area contributed by atoms with Crippen LogP contribution in [-0.4, -0.2) is 8.78 Å². The minimum absolute atomic E-state index is 0.686. The first-order valence-electron chi connectivity index (χ1n) is 18.2. The summed E-state index contributed by atoms with van der Waals surface area (Å²) in [6.45, 7) is 0. The summed E-state index contributed by atoms with van der Waals surface area (Å²) in [6.07, 6.45) is 0. The molecule has 0 N–H and O–H groups in total. The van der Waals surface area contributed by atoms with Gasteiger partial charge in [-0.2, -0.15) is 4.36 Å². The molecule has 0 radical (unpaired) electrons. The Hall–Kier alpha value is -6.75. The lowest BCUT2D eigenvalue weighted by Gasteiger charge is -2.27. The van der Waals surface area contributed by atoms with E-state index in [0.29, 0.717) is 4.90 Å². The van der Waals surface area contributed by atoms with Gasteiger partial charge in [0.1, 0.15) is 9.73 Å². The van der Waals surface area contributed by atoms with Gasteiger partial charge in [-0.3, -0.25) is 0 Å². The second-order valence-electron chi connectivity index (χ2n) is 13.5. The van der Waals surface area contributed by atoms with E-state index in [9.17, 15) is 0 Å². The van der Waals surface area contributed by atoms with Gasteiger partial charge in [0.25, 0.3) is 0 Å². The van der Waals surface area contributed by atoms with Crippen LogP contribution < -0.4 is 0 Å². The summed E-state index contributed by atoms with van der Waals surface area (Å²) in [6, 6.07) is 71.1. The summed E-state index contributed by atoms with van der Waals surface area (Å²) in [7, 11) is -3.16. The van der Waals surface area contributed by atoms with Crippen molar-refractivity contribution >= 4 is 47.7 Å². The molecule has 3 nitrogen and oxygen atoms in total. The molecule has 10 rings (SSSR count). The van der Waals surface area contributed by atoms with Gasteiger partial charge in [0.2, 0.25) is 0 Å². The molecule has 2 heterocycles. The fourth-order valence-corrected chi connectivity index (χ4v) is 10.4. The Balaban J connectivity index is 1.24. The van der Waals surface area contributed by atoms with Crippen LogP contribution in [0.1, 0.15) is 16.7 Å². The molecule has 4 heteroatoms. The lowest BCUT2D eigenvalue weighted by atomic mass is 9.88. The number of benzene rings is 8. The van der Waals surface area contributed by atoms with E-state index in [2.05, 4.69) is 138 Å². The molecule has 0 spiro atoms. The van der Waals surface area contributed by atoms with E-state index in [1.165, 1.54) is 16.3 Å². The van der Waals surface area contributed by atoms with Gasteiger partial charge in [-0.15, -0.1) is 0 Å². The maximum absolute atomic E-state index is 16.0. The highest BCUT2D eigenvalue weighted by Crippen LogP contribution is 2.50. The zero-order valence-corrected chi connectivity index (χ0v) is 30.2. The first-order valence-corrected chi connectivity index (χ1v) is 19.7. The zero-order valence-electron chi connectivity index (χ0n) is 29.3. The van der Waals surface area contributed by atoms with Crippen LogP contribution >= 0.6 is 0 Å². The lowest BCUT2D eigenvalue weighted by Crippen LogP contribution is -2.12. The molecule has 0 saturated heterocycles. The number of hydrogen-bond donors (Lipinski definition) is 0. The van der Waals surface area contributed by atoms with Crippen molar-refractivity contribution in [3.05, 3.63) is 223 Å². The van der Waals surface area contributed by atoms with Crippen LogP contribution in [0.15, 0.2) is 216 Å². The molecular weight excluding hydrogens is 677 g/mol. The van der Waals surface area contributed by atoms with E-state index in [-0.39, 0.29) is 0 Å². The molecule has 0 amide bonds. The van der Waals surface area contributed by atoms with Crippen molar-refractivity contribution in [2.24, 2.45) is 4.36 Å². The van der Waals surface area contributed by atoms with Crippen molar-refractivity contribution in [3.8, 4) is 27.9 Å². The van der Waals surface area contributed by atoms with Crippen molar-refractivity contribution < 1.29 is 4.21 Å². The second-order valence-corrected chi connectivity index (χ2v) is 15.6. The second kappa shape index (κ2) is 13.0. The Morgan fingerprint density at radius 3 is 1.69 bits per heavy atom. The molecule has 1 atom stereocenters. The highest BCUT2D eigenvalue weighted by Gasteiger charge is 2.33. The topological polar surface area (TPSA) is 34.4 Å². The maximum atomic E-state index is 16.0. The Labute approximate surface area is 315 Å². The monoisotopic (exact) mass is 710 g/mol. The summed E-state index contributed by atoms with van der Waals surface area (Å²) in [5, 5.41) is 2.40. The van der Waals surface area contributed by atoms with E-state index in [1.54, 1.807) is 0 Å². The molecule has 1 unspecified atom stereocenters. The summed E-state index contributed by atoms with van der Waals surface area (Å²) in [5.41, 5.74) is 12.3. The van der Waals surface area contributed by atoms with Gasteiger partial charge in [0.15, 0.2) is 0 Å². The normalized spacial score (nSPS) is 15.3. The summed E-state index contributed by atoms with van der Waals surface area (Å²) >= 11 is 0. The largest absolute Gasteiger partial charge is 0.309 e. The number of rotatable bonds is 6. The molecule has 54 heavy (non-hydrogen) atoms. The summed E-state index contributed by atoms with van der Waals surface area (Å²) in [4.78, 5) is 1.41. The van der Waals surface area contributed by atoms with Gasteiger partial charge in [0, 0.05) is 33.2 Å². The predicted molar refractivity (Wildman–Crippen MR) is 225 cm³/mol. The number of hydrogen-bond acceptors (Lipinski definition) is 2. The number of aromatic nitrogens is 1. The average Bonchev–Trinajstić information content (AvgIpc) is 3.58. The van der Waals surface area contributed by atoms with Crippen LogP contribution in [0, 0.1) is 0 Å². The fraction of sp³-hybridized carbons (Fsp3) is 0. The molecule has 8 aromatic carbocycles. The van der Waals surface area contributed by atoms with Crippen molar-refractivity contribution in [2.45, 2.75) is 4.90 Å². The first kappa shape index (κ1) is 31.9. The summed E-state index contributed by atoms with van der Waals surface area (Å²) < 4.78 is 23.5. The molecular formula is C50H34N2OS. The van der Waals surface area contributed by atoms with Crippen LogP contribution in [0.3, 0.4) is 0 Å². The third-order valence-corrected chi connectivity index (χ3v) is 12.8.